The molecule has 0 aromatic carbocycles. The molecule has 0 amide bonds. The van der Waals surface area contributed by atoms with Gasteiger partial charge in [0, 0.05) is 18.7 Å². The third-order valence-electron chi connectivity index (χ3n) is 2.66. The van der Waals surface area contributed by atoms with E-state index in [0.717, 1.165) is 30.2 Å². The molecule has 1 fully saturated rings. The maximum Gasteiger partial charge on any atom is 0.128 e. The number of pyridine rings is 1. The Hall–Kier alpha value is -1.49. The van der Waals surface area contributed by atoms with Crippen molar-refractivity contribution in [3.8, 4) is 12.3 Å². The van der Waals surface area contributed by atoms with E-state index in [1.165, 1.54) is 12.8 Å². The van der Waals surface area contributed by atoms with Crippen molar-refractivity contribution in [3.63, 3.8) is 0 Å². The first-order valence-electron chi connectivity index (χ1n) is 5.00. The molecule has 1 aliphatic heterocycles. The summed E-state index contributed by atoms with van der Waals surface area (Å²) in [5.74, 6) is 3.70. The van der Waals surface area contributed by atoms with Crippen LogP contribution in [-0.2, 0) is 0 Å². The summed E-state index contributed by atoms with van der Waals surface area (Å²) in [5, 5.41) is 0. The standard InChI is InChI=1S/C12H14N2/c1-3-11-6-7-12(13-10(11)2)14-8-4-5-9-14/h1,6-7H,4-5,8-9H2,2H3. The van der Waals surface area contributed by atoms with Gasteiger partial charge in [-0.2, -0.15) is 0 Å². The summed E-state index contributed by atoms with van der Waals surface area (Å²) in [4.78, 5) is 6.82. The Morgan fingerprint density at radius 1 is 1.36 bits per heavy atom. The minimum Gasteiger partial charge on any atom is -0.357 e. The van der Waals surface area contributed by atoms with Gasteiger partial charge in [-0.05, 0) is 31.9 Å². The van der Waals surface area contributed by atoms with Crippen molar-refractivity contribution in [3.05, 3.63) is 23.4 Å². The summed E-state index contributed by atoms with van der Waals surface area (Å²) < 4.78 is 0. The van der Waals surface area contributed by atoms with Gasteiger partial charge in [0.1, 0.15) is 5.82 Å². The Morgan fingerprint density at radius 3 is 2.64 bits per heavy atom. The van der Waals surface area contributed by atoms with Crippen LogP contribution in [0.15, 0.2) is 12.1 Å². The zero-order valence-electron chi connectivity index (χ0n) is 8.45. The fourth-order valence-electron chi connectivity index (χ4n) is 1.82. The number of hydrogen-bond acceptors (Lipinski definition) is 2. The highest BCUT2D eigenvalue weighted by atomic mass is 15.2. The lowest BCUT2D eigenvalue weighted by atomic mass is 10.2. The predicted octanol–water partition coefficient (Wildman–Crippen LogP) is 1.97. The zero-order valence-corrected chi connectivity index (χ0v) is 8.45. The molecule has 1 aliphatic rings. The van der Waals surface area contributed by atoms with E-state index >= 15 is 0 Å². The Balaban J connectivity index is 2.28. The van der Waals surface area contributed by atoms with Crippen molar-refractivity contribution >= 4 is 5.82 Å². The minimum absolute atomic E-state index is 0.896. The second-order valence-corrected chi connectivity index (χ2v) is 3.64. The van der Waals surface area contributed by atoms with Crippen LogP contribution in [-0.4, -0.2) is 18.1 Å². The Bertz CT molecular complexity index is 370. The molecule has 2 rings (SSSR count). The second-order valence-electron chi connectivity index (χ2n) is 3.64. The fraction of sp³-hybridized carbons (Fsp3) is 0.417. The molecule has 0 aliphatic carbocycles. The van der Waals surface area contributed by atoms with E-state index in [2.05, 4.69) is 15.8 Å². The van der Waals surface area contributed by atoms with E-state index < -0.39 is 0 Å². The lowest BCUT2D eigenvalue weighted by Crippen LogP contribution is -2.19. The molecule has 0 bridgehead atoms. The van der Waals surface area contributed by atoms with Crippen molar-refractivity contribution in [2.45, 2.75) is 19.8 Å². The molecule has 1 aromatic rings. The summed E-state index contributed by atoms with van der Waals surface area (Å²) >= 11 is 0. The molecule has 1 saturated heterocycles. The largest absolute Gasteiger partial charge is 0.357 e. The van der Waals surface area contributed by atoms with E-state index in [0.29, 0.717) is 0 Å². The van der Waals surface area contributed by atoms with E-state index in [4.69, 9.17) is 6.42 Å². The van der Waals surface area contributed by atoms with Gasteiger partial charge in [-0.25, -0.2) is 4.98 Å². The maximum atomic E-state index is 5.35. The molecule has 72 valence electrons. The lowest BCUT2D eigenvalue weighted by molar-refractivity contribution is 0.928. The van der Waals surface area contributed by atoms with E-state index in [-0.39, 0.29) is 0 Å². The van der Waals surface area contributed by atoms with E-state index in [1.54, 1.807) is 0 Å². The van der Waals surface area contributed by atoms with Gasteiger partial charge in [-0.3, -0.25) is 0 Å². The number of anilines is 1. The van der Waals surface area contributed by atoms with Crippen molar-refractivity contribution in [1.82, 2.24) is 4.98 Å². The van der Waals surface area contributed by atoms with Gasteiger partial charge in [0.25, 0.3) is 0 Å². The van der Waals surface area contributed by atoms with Gasteiger partial charge in [0.2, 0.25) is 0 Å². The number of terminal acetylenes is 1. The number of aromatic nitrogens is 1. The highest BCUT2D eigenvalue weighted by molar-refractivity contribution is 5.46. The molecular formula is C12H14N2. The van der Waals surface area contributed by atoms with Gasteiger partial charge in [0.15, 0.2) is 0 Å². The predicted molar refractivity (Wildman–Crippen MR) is 58.4 cm³/mol. The zero-order chi connectivity index (χ0) is 9.97. The highest BCUT2D eigenvalue weighted by Gasteiger charge is 2.13. The van der Waals surface area contributed by atoms with Gasteiger partial charge < -0.3 is 4.90 Å². The molecule has 2 heterocycles. The van der Waals surface area contributed by atoms with Crippen LogP contribution in [0.1, 0.15) is 24.1 Å². The molecule has 2 heteroatoms. The molecule has 0 unspecified atom stereocenters. The lowest BCUT2D eigenvalue weighted by Gasteiger charge is -2.16. The third-order valence-corrected chi connectivity index (χ3v) is 2.66. The second kappa shape index (κ2) is 3.71. The summed E-state index contributed by atoms with van der Waals surface area (Å²) in [6.45, 7) is 4.22. The number of rotatable bonds is 1. The molecule has 0 N–H and O–H groups in total. The van der Waals surface area contributed by atoms with E-state index in [1.807, 2.05) is 19.1 Å². The minimum atomic E-state index is 0.896. The van der Waals surface area contributed by atoms with Crippen LogP contribution in [0.4, 0.5) is 5.82 Å². The fourth-order valence-corrected chi connectivity index (χ4v) is 1.82. The number of aryl methyl sites for hydroxylation is 1. The summed E-state index contributed by atoms with van der Waals surface area (Å²) in [7, 11) is 0. The molecular weight excluding hydrogens is 172 g/mol. The highest BCUT2D eigenvalue weighted by Crippen LogP contribution is 2.19. The van der Waals surface area contributed by atoms with Crippen LogP contribution in [0.3, 0.4) is 0 Å². The molecule has 2 nitrogen and oxygen atoms in total. The SMILES string of the molecule is C#Cc1ccc(N2CCCC2)nc1C. The van der Waals surface area contributed by atoms with Crippen molar-refractivity contribution in [2.75, 3.05) is 18.0 Å². The summed E-state index contributed by atoms with van der Waals surface area (Å²) in [5.41, 5.74) is 1.85. The Labute approximate surface area is 85.0 Å². The quantitative estimate of drug-likeness (QED) is 0.623. The van der Waals surface area contributed by atoms with Gasteiger partial charge in [-0.1, -0.05) is 5.92 Å². The van der Waals surface area contributed by atoms with E-state index in [9.17, 15) is 0 Å². The monoisotopic (exact) mass is 186 g/mol. The normalized spacial score (nSPS) is 15.6. The van der Waals surface area contributed by atoms with Crippen molar-refractivity contribution in [2.24, 2.45) is 0 Å². The average Bonchev–Trinajstić information content (AvgIpc) is 2.70. The van der Waals surface area contributed by atoms with Crippen LogP contribution in [0.25, 0.3) is 0 Å². The molecule has 0 saturated carbocycles. The molecule has 0 atom stereocenters. The van der Waals surface area contributed by atoms with Crippen LogP contribution < -0.4 is 4.90 Å². The van der Waals surface area contributed by atoms with Gasteiger partial charge in [-0.15, -0.1) is 6.42 Å². The molecule has 14 heavy (non-hydrogen) atoms. The van der Waals surface area contributed by atoms with Crippen molar-refractivity contribution < 1.29 is 0 Å². The Morgan fingerprint density at radius 2 is 2.07 bits per heavy atom. The first kappa shape index (κ1) is 9.08. The molecule has 0 spiro atoms. The topological polar surface area (TPSA) is 16.1 Å². The summed E-state index contributed by atoms with van der Waals surface area (Å²) in [6, 6.07) is 4.00. The van der Waals surface area contributed by atoms with Crippen LogP contribution in [0, 0.1) is 19.3 Å². The summed E-state index contributed by atoms with van der Waals surface area (Å²) in [6.07, 6.45) is 7.90. The van der Waals surface area contributed by atoms with Gasteiger partial charge in [0.05, 0.1) is 5.69 Å². The Kier molecular flexibility index (Phi) is 2.41. The molecule has 1 aromatic heterocycles. The van der Waals surface area contributed by atoms with Crippen LogP contribution >= 0.6 is 0 Å². The third kappa shape index (κ3) is 1.58. The maximum absolute atomic E-state index is 5.35. The number of nitrogens with zero attached hydrogens (tertiary/aromatic N) is 2. The average molecular weight is 186 g/mol. The number of hydrogen-bond donors (Lipinski definition) is 0. The van der Waals surface area contributed by atoms with Crippen LogP contribution in [0.2, 0.25) is 0 Å². The smallest absolute Gasteiger partial charge is 0.128 e. The first-order valence-corrected chi connectivity index (χ1v) is 5.00. The van der Waals surface area contributed by atoms with Crippen molar-refractivity contribution in [1.29, 1.82) is 0 Å². The van der Waals surface area contributed by atoms with Gasteiger partial charge >= 0.3 is 0 Å². The first-order chi connectivity index (χ1) is 6.81. The molecule has 0 radical (unpaired) electrons. The van der Waals surface area contributed by atoms with Crippen LogP contribution in [0.5, 0.6) is 0 Å².